The van der Waals surface area contributed by atoms with Crippen LogP contribution in [0.2, 0.25) is 0 Å². The van der Waals surface area contributed by atoms with Gasteiger partial charge in [0.1, 0.15) is 0 Å². The Hall–Kier alpha value is -1.96. The molecule has 112 valence electrons. The van der Waals surface area contributed by atoms with Crippen LogP contribution < -0.4 is 0 Å². The van der Waals surface area contributed by atoms with Gasteiger partial charge >= 0.3 is 5.97 Å². The highest BCUT2D eigenvalue weighted by Crippen LogP contribution is 2.36. The Bertz CT molecular complexity index is 709. The highest BCUT2D eigenvalue weighted by Gasteiger charge is 2.19. The Labute approximate surface area is 138 Å². The van der Waals surface area contributed by atoms with Gasteiger partial charge in [0, 0.05) is 9.79 Å². The van der Waals surface area contributed by atoms with Crippen molar-refractivity contribution in [2.45, 2.75) is 28.0 Å². The lowest BCUT2D eigenvalue weighted by Gasteiger charge is -2.11. The van der Waals surface area contributed by atoms with Crippen LogP contribution in [0.3, 0.4) is 0 Å². The lowest BCUT2D eigenvalue weighted by Crippen LogP contribution is -2.05. The highest BCUT2D eigenvalue weighted by atomic mass is 35.5. The molecule has 2 aromatic rings. The number of hydrogen-bond donors (Lipinski definition) is 1. The molecule has 3 nitrogen and oxygen atoms in total. The van der Waals surface area contributed by atoms with Crippen LogP contribution in [0.4, 0.5) is 0 Å². The van der Waals surface area contributed by atoms with Gasteiger partial charge in [-0.2, -0.15) is 5.26 Å². The molecule has 2 atom stereocenters. The number of hydrogen-bond acceptors (Lipinski definition) is 3. The number of benzene rings is 2. The second-order valence-electron chi connectivity index (χ2n) is 4.76. The van der Waals surface area contributed by atoms with Crippen LogP contribution in [0.5, 0.6) is 0 Å². The number of carboxylic acid groups (broad SMARTS) is 1. The number of carboxylic acids is 1. The van der Waals surface area contributed by atoms with Crippen LogP contribution in [0, 0.1) is 11.3 Å². The van der Waals surface area contributed by atoms with Crippen molar-refractivity contribution in [2.24, 2.45) is 0 Å². The smallest absolute Gasteiger partial charge is 0.326 e. The molecule has 0 saturated carbocycles. The molecule has 0 radical (unpaired) electrons. The van der Waals surface area contributed by atoms with E-state index in [1.54, 1.807) is 12.1 Å². The molecule has 0 amide bonds. The van der Waals surface area contributed by atoms with Crippen molar-refractivity contribution < 1.29 is 9.90 Å². The van der Waals surface area contributed by atoms with Crippen LogP contribution in [0.15, 0.2) is 58.3 Å². The third kappa shape index (κ3) is 3.82. The number of carbonyl (C=O) groups is 1. The predicted octanol–water partition coefficient (Wildman–Crippen LogP) is 4.83. The number of alkyl halides is 1. The Balaban J connectivity index is 2.25. The summed E-state index contributed by atoms with van der Waals surface area (Å²) in [6.45, 7) is 1.85. The SMILES string of the molecule is CC(C#N)c1ccc(Sc2ccccc2C(Cl)C(=O)O)cc1. The van der Waals surface area contributed by atoms with Crippen LogP contribution >= 0.6 is 23.4 Å². The molecule has 0 heterocycles. The minimum absolute atomic E-state index is 0.148. The maximum Gasteiger partial charge on any atom is 0.326 e. The molecule has 0 saturated heterocycles. The van der Waals surface area contributed by atoms with Crippen molar-refractivity contribution in [3.05, 3.63) is 59.7 Å². The van der Waals surface area contributed by atoms with E-state index < -0.39 is 11.3 Å². The molecule has 0 aliphatic heterocycles. The van der Waals surface area contributed by atoms with Gasteiger partial charge in [-0.05, 0) is 36.2 Å². The van der Waals surface area contributed by atoms with Gasteiger partial charge in [-0.15, -0.1) is 11.6 Å². The van der Waals surface area contributed by atoms with E-state index in [1.807, 2.05) is 43.3 Å². The van der Waals surface area contributed by atoms with E-state index in [1.165, 1.54) is 11.8 Å². The van der Waals surface area contributed by atoms with Crippen molar-refractivity contribution in [1.29, 1.82) is 5.26 Å². The summed E-state index contributed by atoms with van der Waals surface area (Å²) in [6, 6.07) is 17.1. The van der Waals surface area contributed by atoms with Gasteiger partial charge in [0.25, 0.3) is 0 Å². The summed E-state index contributed by atoms with van der Waals surface area (Å²) in [5, 5.41) is 16.9. The van der Waals surface area contributed by atoms with E-state index in [2.05, 4.69) is 6.07 Å². The Morgan fingerprint density at radius 1 is 1.23 bits per heavy atom. The van der Waals surface area contributed by atoms with Crippen LogP contribution in [0.1, 0.15) is 29.3 Å². The maximum atomic E-state index is 11.1. The molecular weight excluding hydrogens is 318 g/mol. The van der Waals surface area contributed by atoms with Gasteiger partial charge in [0.05, 0.1) is 12.0 Å². The van der Waals surface area contributed by atoms with Crippen molar-refractivity contribution in [3.63, 3.8) is 0 Å². The minimum Gasteiger partial charge on any atom is -0.480 e. The standard InChI is InChI=1S/C17H14ClNO2S/c1-11(10-19)12-6-8-13(9-7-12)22-15-5-3-2-4-14(15)16(18)17(20)21/h2-9,11,16H,1H3,(H,20,21). The van der Waals surface area contributed by atoms with Crippen LogP contribution in [-0.2, 0) is 4.79 Å². The van der Waals surface area contributed by atoms with Gasteiger partial charge in [0.15, 0.2) is 5.38 Å². The third-order valence-electron chi connectivity index (χ3n) is 3.21. The summed E-state index contributed by atoms with van der Waals surface area (Å²) in [5.74, 6) is -1.21. The van der Waals surface area contributed by atoms with Crippen molar-refractivity contribution in [1.82, 2.24) is 0 Å². The second kappa shape index (κ2) is 7.35. The number of nitriles is 1. The highest BCUT2D eigenvalue weighted by molar-refractivity contribution is 7.99. The summed E-state index contributed by atoms with van der Waals surface area (Å²) in [6.07, 6.45) is 0. The number of halogens is 1. The van der Waals surface area contributed by atoms with E-state index in [0.29, 0.717) is 5.56 Å². The maximum absolute atomic E-state index is 11.1. The first-order valence-electron chi connectivity index (χ1n) is 6.66. The Morgan fingerprint density at radius 2 is 1.86 bits per heavy atom. The monoisotopic (exact) mass is 331 g/mol. The number of nitrogens with zero attached hydrogens (tertiary/aromatic N) is 1. The van der Waals surface area contributed by atoms with Gasteiger partial charge in [-0.3, -0.25) is 4.79 Å². The molecule has 0 aromatic heterocycles. The summed E-state index contributed by atoms with van der Waals surface area (Å²) < 4.78 is 0. The number of rotatable bonds is 5. The van der Waals surface area contributed by atoms with Gasteiger partial charge in [0.2, 0.25) is 0 Å². The zero-order valence-corrected chi connectivity index (χ0v) is 13.4. The zero-order chi connectivity index (χ0) is 16.1. The predicted molar refractivity (Wildman–Crippen MR) is 87.3 cm³/mol. The molecule has 5 heteroatoms. The fourth-order valence-corrected chi connectivity index (χ4v) is 3.17. The average Bonchev–Trinajstić information content (AvgIpc) is 2.54. The van der Waals surface area contributed by atoms with Crippen molar-refractivity contribution in [3.8, 4) is 6.07 Å². The van der Waals surface area contributed by atoms with Gasteiger partial charge in [-0.25, -0.2) is 0 Å². The Morgan fingerprint density at radius 3 is 2.45 bits per heavy atom. The van der Waals surface area contributed by atoms with E-state index in [-0.39, 0.29) is 5.92 Å². The average molecular weight is 332 g/mol. The van der Waals surface area contributed by atoms with Crippen molar-refractivity contribution >= 4 is 29.3 Å². The lowest BCUT2D eigenvalue weighted by atomic mass is 10.0. The molecule has 2 unspecified atom stereocenters. The number of aliphatic carboxylic acids is 1. The zero-order valence-electron chi connectivity index (χ0n) is 11.9. The molecule has 2 aromatic carbocycles. The first-order valence-corrected chi connectivity index (χ1v) is 7.91. The van der Waals surface area contributed by atoms with Crippen LogP contribution in [-0.4, -0.2) is 11.1 Å². The van der Waals surface area contributed by atoms with E-state index in [9.17, 15) is 4.79 Å². The molecule has 2 rings (SSSR count). The third-order valence-corrected chi connectivity index (χ3v) is 4.73. The second-order valence-corrected chi connectivity index (χ2v) is 6.31. The summed E-state index contributed by atoms with van der Waals surface area (Å²) in [7, 11) is 0. The fraction of sp³-hybridized carbons (Fsp3) is 0.176. The quantitative estimate of drug-likeness (QED) is 0.797. The van der Waals surface area contributed by atoms with E-state index in [4.69, 9.17) is 22.0 Å². The first-order chi connectivity index (χ1) is 10.5. The van der Waals surface area contributed by atoms with Crippen molar-refractivity contribution in [2.75, 3.05) is 0 Å². The molecule has 0 bridgehead atoms. The van der Waals surface area contributed by atoms with Crippen LogP contribution in [0.25, 0.3) is 0 Å². The summed E-state index contributed by atoms with van der Waals surface area (Å²) in [5.41, 5.74) is 1.54. The molecule has 0 fully saturated rings. The molecule has 1 N–H and O–H groups in total. The fourth-order valence-electron chi connectivity index (χ4n) is 1.94. The largest absolute Gasteiger partial charge is 0.480 e. The van der Waals surface area contributed by atoms with E-state index >= 15 is 0 Å². The topological polar surface area (TPSA) is 61.1 Å². The first kappa shape index (κ1) is 16.4. The minimum atomic E-state index is -1.07. The molecule has 22 heavy (non-hydrogen) atoms. The molecule has 0 aliphatic rings. The lowest BCUT2D eigenvalue weighted by molar-refractivity contribution is -0.136. The van der Waals surface area contributed by atoms with E-state index in [0.717, 1.165) is 15.4 Å². The molecular formula is C17H14ClNO2S. The summed E-state index contributed by atoms with van der Waals surface area (Å²) in [4.78, 5) is 12.9. The molecule has 0 spiro atoms. The van der Waals surface area contributed by atoms with Gasteiger partial charge < -0.3 is 5.11 Å². The Kier molecular flexibility index (Phi) is 5.48. The summed E-state index contributed by atoms with van der Waals surface area (Å²) >= 11 is 7.41. The normalized spacial score (nSPS) is 13.1. The molecule has 0 aliphatic carbocycles. The van der Waals surface area contributed by atoms with Gasteiger partial charge in [-0.1, -0.05) is 42.1 Å².